The first kappa shape index (κ1) is 16.2. The zero-order chi connectivity index (χ0) is 17.1. The van der Waals surface area contributed by atoms with Gasteiger partial charge in [-0.25, -0.2) is 0 Å². The van der Waals surface area contributed by atoms with Gasteiger partial charge in [0.1, 0.15) is 0 Å². The molecular weight excluding hydrogens is 290 g/mol. The van der Waals surface area contributed by atoms with Gasteiger partial charge in [-0.3, -0.25) is 4.98 Å². The fourth-order valence-corrected chi connectivity index (χ4v) is 2.93. The molecule has 3 aromatic rings. The maximum Gasteiger partial charge on any atom is 0.0737 e. The second-order valence-corrected chi connectivity index (χ2v) is 6.41. The van der Waals surface area contributed by atoms with Gasteiger partial charge in [-0.05, 0) is 48.1 Å². The molecule has 24 heavy (non-hydrogen) atoms. The lowest BCUT2D eigenvalue weighted by atomic mass is 9.95. The highest BCUT2D eigenvalue weighted by Gasteiger charge is 2.05. The minimum atomic E-state index is 0.350. The number of pyridine rings is 1. The monoisotopic (exact) mass is 313 g/mol. The summed E-state index contributed by atoms with van der Waals surface area (Å²) in [5.41, 5.74) is 7.15. The van der Waals surface area contributed by atoms with Gasteiger partial charge in [0.25, 0.3) is 0 Å². The van der Waals surface area contributed by atoms with Gasteiger partial charge in [-0.2, -0.15) is 0 Å². The van der Waals surface area contributed by atoms with Crippen molar-refractivity contribution in [3.8, 4) is 0 Å². The van der Waals surface area contributed by atoms with Gasteiger partial charge in [-0.15, -0.1) is 0 Å². The zero-order valence-electron chi connectivity index (χ0n) is 14.6. The maximum atomic E-state index is 4.51. The molecule has 0 aliphatic carbocycles. The van der Waals surface area contributed by atoms with Crippen molar-refractivity contribution in [1.82, 2.24) is 4.98 Å². The first-order chi connectivity index (χ1) is 11.6. The van der Waals surface area contributed by atoms with E-state index in [9.17, 15) is 0 Å². The van der Waals surface area contributed by atoms with E-state index in [-0.39, 0.29) is 0 Å². The normalized spacial score (nSPS) is 12.6. The Morgan fingerprint density at radius 2 is 1.96 bits per heavy atom. The largest absolute Gasteiger partial charge is 0.256 e. The third-order valence-corrected chi connectivity index (χ3v) is 4.54. The van der Waals surface area contributed by atoms with Crippen molar-refractivity contribution in [3.63, 3.8) is 0 Å². The standard InChI is InChI=1S/C23H23N/c1-16(2)21-7-5-8-22(15-21)17(3)10-11-19-12-13-20-9-6-14-24-23(20)18(19)4/h5-15,17H,1H2,2-4H3/b11-10-. The molecule has 1 heterocycles. The van der Waals surface area contributed by atoms with Crippen LogP contribution in [0.15, 0.2) is 67.4 Å². The van der Waals surface area contributed by atoms with Gasteiger partial charge >= 0.3 is 0 Å². The Balaban J connectivity index is 1.89. The van der Waals surface area contributed by atoms with Crippen molar-refractivity contribution in [2.75, 3.05) is 0 Å². The summed E-state index contributed by atoms with van der Waals surface area (Å²) in [4.78, 5) is 4.51. The molecule has 0 aliphatic heterocycles. The lowest BCUT2D eigenvalue weighted by molar-refractivity contribution is 0.971. The van der Waals surface area contributed by atoms with Crippen molar-refractivity contribution >= 4 is 22.6 Å². The molecule has 0 fully saturated rings. The molecule has 0 N–H and O–H groups in total. The van der Waals surface area contributed by atoms with Crippen molar-refractivity contribution in [2.45, 2.75) is 26.7 Å². The Bertz CT molecular complexity index is 918. The topological polar surface area (TPSA) is 12.9 Å². The first-order valence-corrected chi connectivity index (χ1v) is 8.34. The number of hydrogen-bond acceptors (Lipinski definition) is 1. The van der Waals surface area contributed by atoms with Gasteiger partial charge < -0.3 is 0 Å². The summed E-state index contributed by atoms with van der Waals surface area (Å²) in [6.45, 7) is 10.4. The molecule has 0 aliphatic rings. The van der Waals surface area contributed by atoms with E-state index in [0.717, 1.165) is 11.1 Å². The highest BCUT2D eigenvalue weighted by atomic mass is 14.6. The van der Waals surface area contributed by atoms with Gasteiger partial charge in [-0.1, -0.05) is 73.7 Å². The number of rotatable bonds is 4. The molecule has 120 valence electrons. The number of aromatic nitrogens is 1. The van der Waals surface area contributed by atoms with Crippen LogP contribution < -0.4 is 0 Å². The Hall–Kier alpha value is -2.67. The van der Waals surface area contributed by atoms with Crippen LogP contribution in [0, 0.1) is 6.92 Å². The van der Waals surface area contributed by atoms with E-state index in [0.29, 0.717) is 5.92 Å². The van der Waals surface area contributed by atoms with E-state index in [4.69, 9.17) is 0 Å². The van der Waals surface area contributed by atoms with Crippen molar-refractivity contribution < 1.29 is 0 Å². The van der Waals surface area contributed by atoms with Gasteiger partial charge in [0.15, 0.2) is 0 Å². The van der Waals surface area contributed by atoms with Gasteiger partial charge in [0, 0.05) is 11.6 Å². The molecule has 0 bridgehead atoms. The molecule has 1 heteroatoms. The fourth-order valence-electron chi connectivity index (χ4n) is 2.93. The number of aryl methyl sites for hydroxylation is 1. The molecule has 0 saturated carbocycles. The van der Waals surface area contributed by atoms with E-state index in [2.05, 4.69) is 80.0 Å². The molecule has 1 atom stereocenters. The van der Waals surface area contributed by atoms with E-state index in [1.165, 1.54) is 27.6 Å². The summed E-state index contributed by atoms with van der Waals surface area (Å²) in [7, 11) is 0. The third kappa shape index (κ3) is 3.30. The molecule has 1 nitrogen and oxygen atoms in total. The zero-order valence-corrected chi connectivity index (χ0v) is 14.6. The molecular formula is C23H23N. The number of hydrogen-bond donors (Lipinski definition) is 0. The molecule has 3 rings (SSSR count). The lowest BCUT2D eigenvalue weighted by Crippen LogP contribution is -1.91. The smallest absolute Gasteiger partial charge is 0.0737 e. The quantitative estimate of drug-likeness (QED) is 0.543. The second-order valence-electron chi connectivity index (χ2n) is 6.41. The van der Waals surface area contributed by atoms with Crippen LogP contribution in [0.3, 0.4) is 0 Å². The lowest BCUT2D eigenvalue weighted by Gasteiger charge is -2.10. The minimum Gasteiger partial charge on any atom is -0.256 e. The molecule has 2 aromatic carbocycles. The van der Waals surface area contributed by atoms with Crippen molar-refractivity contribution in [2.24, 2.45) is 0 Å². The number of benzene rings is 2. The second kappa shape index (κ2) is 6.84. The van der Waals surface area contributed by atoms with Crippen LogP contribution in [-0.2, 0) is 0 Å². The fraction of sp³-hybridized carbons (Fsp3) is 0.174. The first-order valence-electron chi connectivity index (χ1n) is 8.34. The van der Waals surface area contributed by atoms with Crippen LogP contribution in [0.5, 0.6) is 0 Å². The number of fused-ring (bicyclic) bond motifs is 1. The molecule has 1 unspecified atom stereocenters. The third-order valence-electron chi connectivity index (χ3n) is 4.54. The average molecular weight is 313 g/mol. The minimum absolute atomic E-state index is 0.350. The van der Waals surface area contributed by atoms with E-state index < -0.39 is 0 Å². The maximum absolute atomic E-state index is 4.51. The Kier molecular flexibility index (Phi) is 4.61. The van der Waals surface area contributed by atoms with Crippen LogP contribution in [0.1, 0.15) is 42.0 Å². The predicted molar refractivity (Wildman–Crippen MR) is 105 cm³/mol. The van der Waals surface area contributed by atoms with Crippen molar-refractivity contribution in [3.05, 3.63) is 89.6 Å². The Morgan fingerprint density at radius 3 is 2.75 bits per heavy atom. The average Bonchev–Trinajstić information content (AvgIpc) is 2.61. The Labute approximate surface area is 144 Å². The predicted octanol–water partition coefficient (Wildman–Crippen LogP) is 6.39. The van der Waals surface area contributed by atoms with Gasteiger partial charge in [0.05, 0.1) is 5.52 Å². The molecule has 0 spiro atoms. The summed E-state index contributed by atoms with van der Waals surface area (Å²) in [5, 5.41) is 1.19. The summed E-state index contributed by atoms with van der Waals surface area (Å²) in [6.07, 6.45) is 6.32. The highest BCUT2D eigenvalue weighted by Crippen LogP contribution is 2.24. The Morgan fingerprint density at radius 1 is 1.12 bits per heavy atom. The summed E-state index contributed by atoms with van der Waals surface area (Å²) < 4.78 is 0. The number of allylic oxidation sites excluding steroid dienone is 2. The van der Waals surface area contributed by atoms with Crippen LogP contribution in [-0.4, -0.2) is 4.98 Å². The van der Waals surface area contributed by atoms with Crippen molar-refractivity contribution in [1.29, 1.82) is 0 Å². The molecule has 0 radical (unpaired) electrons. The summed E-state index contributed by atoms with van der Waals surface area (Å²) in [6, 6.07) is 17.0. The van der Waals surface area contributed by atoms with E-state index in [1.54, 1.807) is 0 Å². The summed E-state index contributed by atoms with van der Waals surface area (Å²) >= 11 is 0. The van der Waals surface area contributed by atoms with E-state index in [1.807, 2.05) is 19.2 Å². The van der Waals surface area contributed by atoms with Crippen LogP contribution in [0.4, 0.5) is 0 Å². The molecule has 1 aromatic heterocycles. The highest BCUT2D eigenvalue weighted by molar-refractivity contribution is 5.84. The SMILES string of the molecule is C=C(C)c1cccc(C(C)/C=C\c2ccc3cccnc3c2C)c1. The van der Waals surface area contributed by atoms with Crippen LogP contribution in [0.25, 0.3) is 22.6 Å². The van der Waals surface area contributed by atoms with Gasteiger partial charge in [0.2, 0.25) is 0 Å². The molecule has 0 amide bonds. The number of nitrogens with zero attached hydrogens (tertiary/aromatic N) is 1. The summed E-state index contributed by atoms with van der Waals surface area (Å²) in [5.74, 6) is 0.350. The van der Waals surface area contributed by atoms with Crippen LogP contribution in [0.2, 0.25) is 0 Å². The van der Waals surface area contributed by atoms with E-state index >= 15 is 0 Å². The van der Waals surface area contributed by atoms with Crippen LogP contribution >= 0.6 is 0 Å². The molecule has 0 saturated heterocycles.